The summed E-state index contributed by atoms with van der Waals surface area (Å²) in [6, 6.07) is -0.587. The van der Waals surface area contributed by atoms with Crippen molar-refractivity contribution in [2.24, 2.45) is 5.92 Å². The molecule has 0 fully saturated rings. The first kappa shape index (κ1) is 26.5. The van der Waals surface area contributed by atoms with Crippen molar-refractivity contribution in [1.82, 2.24) is 15.5 Å². The van der Waals surface area contributed by atoms with E-state index in [0.717, 1.165) is 0 Å². The number of amides is 3. The fourth-order valence-corrected chi connectivity index (χ4v) is 2.38. The maximum atomic E-state index is 12.3. The van der Waals surface area contributed by atoms with Gasteiger partial charge in [0, 0.05) is 26.1 Å². The Balaban J connectivity index is 4.63. The molecule has 29 heavy (non-hydrogen) atoms. The third-order valence-electron chi connectivity index (χ3n) is 3.93. The second-order valence-corrected chi connectivity index (χ2v) is 7.58. The highest BCUT2D eigenvalue weighted by Gasteiger charge is 2.29. The highest BCUT2D eigenvalue weighted by atomic mass is 16.6. The van der Waals surface area contributed by atoms with Crippen LogP contribution in [-0.4, -0.2) is 74.5 Å². The van der Waals surface area contributed by atoms with Crippen LogP contribution in [0.15, 0.2) is 0 Å². The van der Waals surface area contributed by atoms with E-state index in [0.29, 0.717) is 6.54 Å². The van der Waals surface area contributed by atoms with Crippen molar-refractivity contribution in [1.29, 1.82) is 0 Å². The predicted molar refractivity (Wildman–Crippen MR) is 106 cm³/mol. The summed E-state index contributed by atoms with van der Waals surface area (Å²) in [6.45, 7) is 9.37. The number of alkyl carbamates (subject to hydrolysis) is 2. The molecule has 10 nitrogen and oxygen atoms in total. The van der Waals surface area contributed by atoms with E-state index < -0.39 is 35.7 Å². The lowest BCUT2D eigenvalue weighted by Gasteiger charge is -2.26. The predicted octanol–water partition coefficient (Wildman–Crippen LogP) is 1.67. The second kappa shape index (κ2) is 12.8. The Morgan fingerprint density at radius 2 is 1.72 bits per heavy atom. The summed E-state index contributed by atoms with van der Waals surface area (Å²) in [6.07, 6.45) is -0.937. The summed E-state index contributed by atoms with van der Waals surface area (Å²) < 4.78 is 14.9. The molecule has 0 aromatic heterocycles. The number of carbonyl (C=O) groups is 4. The number of ether oxygens (including phenoxy) is 3. The highest BCUT2D eigenvalue weighted by molar-refractivity contribution is 5.78. The Hall–Kier alpha value is -2.52. The van der Waals surface area contributed by atoms with Crippen LogP contribution < -0.4 is 10.6 Å². The molecule has 168 valence electrons. The first-order valence-electron chi connectivity index (χ1n) is 9.63. The number of esters is 1. The van der Waals surface area contributed by atoms with E-state index in [-0.39, 0.29) is 31.9 Å². The molecule has 3 amide bonds. The SMILES string of the molecule is CCNC(=O)OCCN(C)C(=O)CC[C@@H](C(=O)OC)C(C)NC(=O)OC(C)(C)C. The molecule has 0 aliphatic heterocycles. The van der Waals surface area contributed by atoms with E-state index in [9.17, 15) is 19.2 Å². The van der Waals surface area contributed by atoms with Crippen LogP contribution in [0, 0.1) is 5.92 Å². The Labute approximate surface area is 172 Å². The van der Waals surface area contributed by atoms with Crippen LogP contribution in [0.25, 0.3) is 0 Å². The summed E-state index contributed by atoms with van der Waals surface area (Å²) >= 11 is 0. The Bertz CT molecular complexity index is 560. The van der Waals surface area contributed by atoms with Gasteiger partial charge in [0.15, 0.2) is 0 Å². The fraction of sp³-hybridized carbons (Fsp3) is 0.789. The van der Waals surface area contributed by atoms with Gasteiger partial charge in [-0.05, 0) is 41.0 Å². The maximum Gasteiger partial charge on any atom is 0.407 e. The minimum Gasteiger partial charge on any atom is -0.469 e. The quantitative estimate of drug-likeness (QED) is 0.409. The van der Waals surface area contributed by atoms with E-state index in [1.54, 1.807) is 41.7 Å². The molecule has 0 saturated heterocycles. The molecule has 0 spiro atoms. The number of hydrogen-bond donors (Lipinski definition) is 2. The summed E-state index contributed by atoms with van der Waals surface area (Å²) in [5.74, 6) is -1.46. The normalized spacial score (nSPS) is 12.9. The summed E-state index contributed by atoms with van der Waals surface area (Å²) in [5.41, 5.74) is -0.667. The molecule has 0 aliphatic rings. The van der Waals surface area contributed by atoms with Crippen molar-refractivity contribution in [3.05, 3.63) is 0 Å². The topological polar surface area (TPSA) is 123 Å². The van der Waals surface area contributed by atoms with Crippen LogP contribution in [0.5, 0.6) is 0 Å². The molecule has 0 aliphatic carbocycles. The van der Waals surface area contributed by atoms with Gasteiger partial charge in [-0.2, -0.15) is 0 Å². The van der Waals surface area contributed by atoms with Gasteiger partial charge < -0.3 is 29.7 Å². The van der Waals surface area contributed by atoms with Crippen molar-refractivity contribution < 1.29 is 33.4 Å². The average Bonchev–Trinajstić information content (AvgIpc) is 2.59. The molecular weight excluding hydrogens is 382 g/mol. The number of nitrogens with zero attached hydrogens (tertiary/aromatic N) is 1. The van der Waals surface area contributed by atoms with Crippen LogP contribution in [0.3, 0.4) is 0 Å². The molecule has 2 atom stereocenters. The van der Waals surface area contributed by atoms with Crippen LogP contribution in [0.1, 0.15) is 47.5 Å². The van der Waals surface area contributed by atoms with Crippen LogP contribution in [-0.2, 0) is 23.8 Å². The van der Waals surface area contributed by atoms with E-state index in [2.05, 4.69) is 10.6 Å². The maximum absolute atomic E-state index is 12.3. The molecular formula is C19H35N3O7. The second-order valence-electron chi connectivity index (χ2n) is 7.58. The number of rotatable bonds is 10. The van der Waals surface area contributed by atoms with Crippen molar-refractivity contribution in [2.45, 2.75) is 59.1 Å². The van der Waals surface area contributed by atoms with Gasteiger partial charge in [-0.15, -0.1) is 0 Å². The minimum atomic E-state index is -0.712. The van der Waals surface area contributed by atoms with Gasteiger partial charge in [0.25, 0.3) is 0 Å². The van der Waals surface area contributed by atoms with Crippen molar-refractivity contribution in [2.75, 3.05) is 33.9 Å². The lowest BCUT2D eigenvalue weighted by molar-refractivity contribution is -0.146. The van der Waals surface area contributed by atoms with E-state index in [4.69, 9.17) is 14.2 Å². The van der Waals surface area contributed by atoms with E-state index in [1.165, 1.54) is 12.0 Å². The smallest absolute Gasteiger partial charge is 0.407 e. The monoisotopic (exact) mass is 417 g/mol. The first-order valence-corrected chi connectivity index (χ1v) is 9.63. The molecule has 0 aromatic carbocycles. The molecule has 0 radical (unpaired) electrons. The zero-order valence-electron chi connectivity index (χ0n) is 18.5. The molecule has 0 aromatic rings. The summed E-state index contributed by atoms with van der Waals surface area (Å²) in [7, 11) is 2.83. The van der Waals surface area contributed by atoms with Gasteiger partial charge >= 0.3 is 18.2 Å². The Kier molecular flexibility index (Phi) is 11.7. The average molecular weight is 418 g/mol. The Morgan fingerprint density at radius 3 is 2.24 bits per heavy atom. The van der Waals surface area contributed by atoms with Crippen LogP contribution >= 0.6 is 0 Å². The first-order chi connectivity index (χ1) is 13.4. The molecule has 0 bridgehead atoms. The number of carbonyl (C=O) groups excluding carboxylic acids is 4. The lowest BCUT2D eigenvalue weighted by atomic mass is 9.95. The van der Waals surface area contributed by atoms with Gasteiger partial charge in [-0.25, -0.2) is 9.59 Å². The lowest BCUT2D eigenvalue weighted by Crippen LogP contribution is -2.44. The van der Waals surface area contributed by atoms with Crippen molar-refractivity contribution in [3.63, 3.8) is 0 Å². The van der Waals surface area contributed by atoms with Gasteiger partial charge in [0.1, 0.15) is 12.2 Å². The highest BCUT2D eigenvalue weighted by Crippen LogP contribution is 2.16. The van der Waals surface area contributed by atoms with Crippen LogP contribution in [0.2, 0.25) is 0 Å². The molecule has 0 rings (SSSR count). The minimum absolute atomic E-state index is 0.0606. The molecule has 0 heterocycles. The third-order valence-corrected chi connectivity index (χ3v) is 3.93. The molecule has 1 unspecified atom stereocenters. The van der Waals surface area contributed by atoms with Gasteiger partial charge in [-0.1, -0.05) is 0 Å². The van der Waals surface area contributed by atoms with E-state index >= 15 is 0 Å². The zero-order valence-corrected chi connectivity index (χ0v) is 18.5. The summed E-state index contributed by atoms with van der Waals surface area (Å²) in [4.78, 5) is 49.0. The fourth-order valence-electron chi connectivity index (χ4n) is 2.38. The molecule has 0 saturated carbocycles. The third kappa shape index (κ3) is 11.8. The Morgan fingerprint density at radius 1 is 1.10 bits per heavy atom. The standard InChI is InChI=1S/C19H35N3O7/c1-8-20-17(25)28-12-11-22(6)15(23)10-9-14(16(24)27-7)13(2)21-18(26)29-19(3,4)5/h13-14H,8-12H2,1-7H3,(H,20,25)(H,21,26)/t13?,14-/m1/s1. The van der Waals surface area contributed by atoms with E-state index in [1.807, 2.05) is 0 Å². The molecule has 10 heteroatoms. The van der Waals surface area contributed by atoms with Gasteiger partial charge in [0.2, 0.25) is 5.91 Å². The van der Waals surface area contributed by atoms with Crippen molar-refractivity contribution >= 4 is 24.1 Å². The van der Waals surface area contributed by atoms with Gasteiger partial charge in [0.05, 0.1) is 19.6 Å². The number of likely N-dealkylation sites (N-methyl/N-ethyl adjacent to an activating group) is 1. The summed E-state index contributed by atoms with van der Waals surface area (Å²) in [5, 5.41) is 5.10. The van der Waals surface area contributed by atoms with Gasteiger partial charge in [-0.3, -0.25) is 9.59 Å². The molecule has 2 N–H and O–H groups in total. The van der Waals surface area contributed by atoms with Crippen LogP contribution in [0.4, 0.5) is 9.59 Å². The number of hydrogen-bond acceptors (Lipinski definition) is 7. The van der Waals surface area contributed by atoms with Crippen molar-refractivity contribution in [3.8, 4) is 0 Å². The number of nitrogens with one attached hydrogen (secondary N) is 2. The largest absolute Gasteiger partial charge is 0.469 e. The number of methoxy groups -OCH3 is 1. The zero-order chi connectivity index (χ0) is 22.6.